The number of nitrogens with one attached hydrogen (secondary N) is 1. The molecular formula is C19H20N2O4. The van der Waals surface area contributed by atoms with Crippen molar-refractivity contribution in [1.29, 1.82) is 0 Å². The molecule has 6 heteroatoms. The second-order valence-electron chi connectivity index (χ2n) is 6.12. The molecule has 1 amide bonds. The smallest absolute Gasteiger partial charge is 0.408 e. The first-order chi connectivity index (χ1) is 12.1. The summed E-state index contributed by atoms with van der Waals surface area (Å²) in [7, 11) is 0. The predicted molar refractivity (Wildman–Crippen MR) is 90.8 cm³/mol. The zero-order chi connectivity index (χ0) is 17.9. The molecule has 2 atom stereocenters. The number of carbonyl (C=O) groups is 2. The van der Waals surface area contributed by atoms with Crippen molar-refractivity contribution in [2.75, 3.05) is 0 Å². The SMILES string of the molecule is CC[C@]1(NC(=O)OCc2ccccc2)c2ncccc2C[C@H]1C(=O)O. The van der Waals surface area contributed by atoms with Gasteiger partial charge < -0.3 is 15.2 Å². The first-order valence-electron chi connectivity index (χ1n) is 8.23. The lowest BCUT2D eigenvalue weighted by molar-refractivity contribution is -0.144. The van der Waals surface area contributed by atoms with Gasteiger partial charge in [0.2, 0.25) is 0 Å². The summed E-state index contributed by atoms with van der Waals surface area (Å²) in [5, 5.41) is 12.4. The van der Waals surface area contributed by atoms with Crippen LogP contribution in [0, 0.1) is 5.92 Å². The van der Waals surface area contributed by atoms with Crippen LogP contribution in [-0.2, 0) is 28.1 Å². The van der Waals surface area contributed by atoms with Gasteiger partial charge >= 0.3 is 12.1 Å². The summed E-state index contributed by atoms with van der Waals surface area (Å²) in [5.74, 6) is -1.73. The van der Waals surface area contributed by atoms with Gasteiger partial charge in [-0.3, -0.25) is 9.78 Å². The maximum atomic E-state index is 12.4. The van der Waals surface area contributed by atoms with E-state index >= 15 is 0 Å². The first kappa shape index (κ1) is 17.0. The Morgan fingerprint density at radius 2 is 2.04 bits per heavy atom. The molecule has 0 bridgehead atoms. The highest BCUT2D eigenvalue weighted by atomic mass is 16.5. The van der Waals surface area contributed by atoms with Crippen LogP contribution in [0.2, 0.25) is 0 Å². The third kappa shape index (κ3) is 3.20. The van der Waals surface area contributed by atoms with Gasteiger partial charge in [0.25, 0.3) is 0 Å². The fourth-order valence-corrected chi connectivity index (χ4v) is 3.45. The number of hydrogen-bond donors (Lipinski definition) is 2. The molecule has 0 spiro atoms. The average molecular weight is 340 g/mol. The molecule has 6 nitrogen and oxygen atoms in total. The van der Waals surface area contributed by atoms with Crippen molar-refractivity contribution in [3.63, 3.8) is 0 Å². The quantitative estimate of drug-likeness (QED) is 0.874. The van der Waals surface area contributed by atoms with E-state index in [4.69, 9.17) is 4.74 Å². The zero-order valence-electron chi connectivity index (χ0n) is 13.9. The van der Waals surface area contributed by atoms with Gasteiger partial charge in [0.1, 0.15) is 6.61 Å². The number of aliphatic carboxylic acids is 1. The van der Waals surface area contributed by atoms with Crippen molar-refractivity contribution in [2.24, 2.45) is 5.92 Å². The number of fused-ring (bicyclic) bond motifs is 1. The Balaban J connectivity index is 1.81. The van der Waals surface area contributed by atoms with E-state index in [1.165, 1.54) is 0 Å². The number of rotatable bonds is 5. The Morgan fingerprint density at radius 1 is 1.28 bits per heavy atom. The third-order valence-electron chi connectivity index (χ3n) is 4.73. The summed E-state index contributed by atoms with van der Waals surface area (Å²) in [4.78, 5) is 28.5. The van der Waals surface area contributed by atoms with Crippen molar-refractivity contribution in [1.82, 2.24) is 10.3 Å². The van der Waals surface area contributed by atoms with E-state index < -0.39 is 23.5 Å². The molecule has 0 aliphatic heterocycles. The van der Waals surface area contributed by atoms with Crippen LogP contribution < -0.4 is 5.32 Å². The van der Waals surface area contributed by atoms with Crippen molar-refractivity contribution in [3.05, 3.63) is 65.5 Å². The summed E-state index contributed by atoms with van der Waals surface area (Å²) >= 11 is 0. The lowest BCUT2D eigenvalue weighted by atomic mass is 9.83. The molecule has 1 aromatic carbocycles. The molecule has 3 rings (SSSR count). The predicted octanol–water partition coefficient (Wildman–Crippen LogP) is 2.87. The van der Waals surface area contributed by atoms with Crippen LogP contribution in [0.25, 0.3) is 0 Å². The fourth-order valence-electron chi connectivity index (χ4n) is 3.45. The van der Waals surface area contributed by atoms with Gasteiger partial charge in [-0.15, -0.1) is 0 Å². The number of pyridine rings is 1. The Morgan fingerprint density at radius 3 is 2.72 bits per heavy atom. The number of benzene rings is 1. The first-order valence-corrected chi connectivity index (χ1v) is 8.23. The minimum Gasteiger partial charge on any atom is -0.481 e. The molecule has 1 aliphatic carbocycles. The molecule has 0 fully saturated rings. The Kier molecular flexibility index (Phi) is 4.70. The lowest BCUT2D eigenvalue weighted by Gasteiger charge is -2.33. The highest BCUT2D eigenvalue weighted by molar-refractivity contribution is 5.77. The number of ether oxygens (including phenoxy) is 1. The van der Waals surface area contributed by atoms with Crippen molar-refractivity contribution in [3.8, 4) is 0 Å². The van der Waals surface area contributed by atoms with E-state index in [2.05, 4.69) is 10.3 Å². The molecule has 0 unspecified atom stereocenters. The molecular weight excluding hydrogens is 320 g/mol. The summed E-state index contributed by atoms with van der Waals surface area (Å²) < 4.78 is 5.29. The third-order valence-corrected chi connectivity index (χ3v) is 4.73. The molecule has 1 aliphatic rings. The van der Waals surface area contributed by atoms with Gasteiger partial charge in [0.15, 0.2) is 0 Å². The number of alkyl carbamates (subject to hydrolysis) is 1. The second kappa shape index (κ2) is 6.93. The second-order valence-corrected chi connectivity index (χ2v) is 6.12. The van der Waals surface area contributed by atoms with Gasteiger partial charge in [-0.2, -0.15) is 0 Å². The molecule has 2 aromatic rings. The van der Waals surface area contributed by atoms with E-state index in [1.54, 1.807) is 12.3 Å². The number of aromatic nitrogens is 1. The van der Waals surface area contributed by atoms with E-state index in [9.17, 15) is 14.7 Å². The van der Waals surface area contributed by atoms with Crippen LogP contribution in [0.4, 0.5) is 4.79 Å². The number of amides is 1. The lowest BCUT2D eigenvalue weighted by Crippen LogP contribution is -2.51. The number of carbonyl (C=O) groups excluding carboxylic acids is 1. The average Bonchev–Trinajstić information content (AvgIpc) is 2.96. The molecule has 2 N–H and O–H groups in total. The van der Waals surface area contributed by atoms with Crippen molar-refractivity contribution in [2.45, 2.75) is 31.9 Å². The van der Waals surface area contributed by atoms with Gasteiger partial charge in [0, 0.05) is 6.20 Å². The Labute approximate surface area is 145 Å². The van der Waals surface area contributed by atoms with Crippen LogP contribution in [0.3, 0.4) is 0 Å². The molecule has 0 radical (unpaired) electrons. The van der Waals surface area contributed by atoms with Gasteiger partial charge in [-0.25, -0.2) is 4.79 Å². The van der Waals surface area contributed by atoms with E-state index in [0.29, 0.717) is 18.5 Å². The number of hydrogen-bond acceptors (Lipinski definition) is 4. The Bertz CT molecular complexity index is 778. The monoisotopic (exact) mass is 340 g/mol. The minimum atomic E-state index is -1.06. The largest absolute Gasteiger partial charge is 0.481 e. The number of carboxylic acid groups (broad SMARTS) is 1. The highest BCUT2D eigenvalue weighted by Crippen LogP contribution is 2.42. The molecule has 130 valence electrons. The maximum absolute atomic E-state index is 12.4. The summed E-state index contributed by atoms with van der Waals surface area (Å²) in [6, 6.07) is 13.0. The minimum absolute atomic E-state index is 0.124. The van der Waals surface area contributed by atoms with Crippen LogP contribution in [0.1, 0.15) is 30.2 Å². The van der Waals surface area contributed by atoms with Crippen LogP contribution >= 0.6 is 0 Å². The zero-order valence-corrected chi connectivity index (χ0v) is 13.9. The maximum Gasteiger partial charge on any atom is 0.408 e. The van der Waals surface area contributed by atoms with Gasteiger partial charge in [0.05, 0.1) is 17.2 Å². The molecule has 25 heavy (non-hydrogen) atoms. The van der Waals surface area contributed by atoms with E-state index in [-0.39, 0.29) is 6.61 Å². The van der Waals surface area contributed by atoms with Crippen LogP contribution in [0.15, 0.2) is 48.7 Å². The Hall–Kier alpha value is -2.89. The normalized spacial score (nSPS) is 21.4. The summed E-state index contributed by atoms with van der Waals surface area (Å²) in [6.45, 7) is 1.97. The van der Waals surface area contributed by atoms with Gasteiger partial charge in [-0.05, 0) is 30.0 Å². The van der Waals surface area contributed by atoms with Crippen molar-refractivity contribution >= 4 is 12.1 Å². The van der Waals surface area contributed by atoms with E-state index in [0.717, 1.165) is 11.1 Å². The number of nitrogens with zero attached hydrogens (tertiary/aromatic N) is 1. The van der Waals surface area contributed by atoms with Crippen LogP contribution in [-0.4, -0.2) is 22.2 Å². The highest BCUT2D eigenvalue weighted by Gasteiger charge is 2.51. The molecule has 1 heterocycles. The van der Waals surface area contributed by atoms with Crippen LogP contribution in [0.5, 0.6) is 0 Å². The summed E-state index contributed by atoms with van der Waals surface area (Å²) in [5.41, 5.74) is 1.26. The van der Waals surface area contributed by atoms with Crippen molar-refractivity contribution < 1.29 is 19.4 Å². The standard InChI is InChI=1S/C19H20N2O4/c1-2-19(21-18(24)25-12-13-7-4-3-5-8-13)15(17(22)23)11-14-9-6-10-20-16(14)19/h3-10,15H,2,11-12H2,1H3,(H,21,24)(H,22,23)/t15-,19+/m0/s1. The molecule has 1 aromatic heterocycles. The summed E-state index contributed by atoms with van der Waals surface area (Å²) in [6.07, 6.45) is 1.72. The fraction of sp³-hybridized carbons (Fsp3) is 0.316. The molecule has 0 saturated heterocycles. The van der Waals surface area contributed by atoms with E-state index in [1.807, 2.05) is 43.3 Å². The molecule has 0 saturated carbocycles. The topological polar surface area (TPSA) is 88.5 Å². The number of carboxylic acids is 1. The van der Waals surface area contributed by atoms with Gasteiger partial charge in [-0.1, -0.05) is 43.3 Å².